The van der Waals surface area contributed by atoms with Crippen LogP contribution >= 0.6 is 0 Å². The Hall–Kier alpha value is -3.55. The second-order valence-corrected chi connectivity index (χ2v) is 8.19. The van der Waals surface area contributed by atoms with E-state index in [4.69, 9.17) is 4.74 Å². The topological polar surface area (TPSA) is 95.9 Å². The number of carbonyl (C=O) groups is 3. The number of anilines is 1. The molecule has 0 unspecified atom stereocenters. The van der Waals surface area contributed by atoms with E-state index in [2.05, 4.69) is 14.8 Å². The minimum atomic E-state index is -0.863. The van der Waals surface area contributed by atoms with Gasteiger partial charge in [0.25, 0.3) is 0 Å². The van der Waals surface area contributed by atoms with E-state index in [1.807, 2.05) is 48.7 Å². The number of hydrogen-bond acceptors (Lipinski definition) is 7. The Morgan fingerprint density at radius 3 is 2.06 bits per heavy atom. The van der Waals surface area contributed by atoms with E-state index in [-0.39, 0.29) is 5.57 Å². The third-order valence-electron chi connectivity index (χ3n) is 4.78. The number of benzene rings is 1. The van der Waals surface area contributed by atoms with E-state index in [1.54, 1.807) is 20.8 Å². The van der Waals surface area contributed by atoms with Crippen molar-refractivity contribution < 1.29 is 28.6 Å². The number of rotatable bonds is 7. The normalized spacial score (nSPS) is 10.8. The van der Waals surface area contributed by atoms with Gasteiger partial charge in [-0.1, -0.05) is 30.3 Å². The van der Waals surface area contributed by atoms with E-state index in [9.17, 15) is 14.4 Å². The van der Waals surface area contributed by atoms with Crippen LogP contribution in [0.15, 0.2) is 42.1 Å². The fourth-order valence-electron chi connectivity index (χ4n) is 3.12. The summed E-state index contributed by atoms with van der Waals surface area (Å²) in [6.07, 6.45) is 1.18. The summed E-state index contributed by atoms with van der Waals surface area (Å²) in [5.74, 6) is -1.85. The highest BCUT2D eigenvalue weighted by molar-refractivity contribution is 6.14. The lowest BCUT2D eigenvalue weighted by Crippen LogP contribution is -2.25. The van der Waals surface area contributed by atoms with Crippen LogP contribution in [0.5, 0.6) is 0 Å². The van der Waals surface area contributed by atoms with E-state index in [1.165, 1.54) is 6.20 Å². The first kappa shape index (κ1) is 24.7. The SMILES string of the molecule is COC(=O)C(=CNc1c(C(=O)OC(C)(C)C)c(C)c(C)n1Cc1ccccc1)C(=O)OC. The highest BCUT2D eigenvalue weighted by Gasteiger charge is 2.28. The predicted molar refractivity (Wildman–Crippen MR) is 120 cm³/mol. The van der Waals surface area contributed by atoms with Crippen LogP contribution < -0.4 is 5.32 Å². The lowest BCUT2D eigenvalue weighted by molar-refractivity contribution is -0.144. The molecule has 0 saturated carbocycles. The van der Waals surface area contributed by atoms with Crippen LogP contribution in [0.2, 0.25) is 0 Å². The minimum Gasteiger partial charge on any atom is -0.465 e. The Labute approximate surface area is 188 Å². The van der Waals surface area contributed by atoms with Crippen LogP contribution in [-0.2, 0) is 30.3 Å². The first-order valence-corrected chi connectivity index (χ1v) is 10.1. The Kier molecular flexibility index (Phi) is 7.86. The number of aromatic nitrogens is 1. The zero-order valence-corrected chi connectivity index (χ0v) is 19.6. The van der Waals surface area contributed by atoms with Crippen molar-refractivity contribution in [3.63, 3.8) is 0 Å². The highest BCUT2D eigenvalue weighted by Crippen LogP contribution is 2.30. The van der Waals surface area contributed by atoms with Gasteiger partial charge in [0.15, 0.2) is 5.57 Å². The molecule has 1 aromatic heterocycles. The molecule has 1 N–H and O–H groups in total. The van der Waals surface area contributed by atoms with Crippen LogP contribution in [0.4, 0.5) is 5.82 Å². The molecule has 1 aromatic carbocycles. The van der Waals surface area contributed by atoms with Crippen molar-refractivity contribution in [2.24, 2.45) is 0 Å². The molecule has 0 radical (unpaired) electrons. The molecule has 0 fully saturated rings. The number of ether oxygens (including phenoxy) is 3. The second kappa shape index (κ2) is 10.2. The monoisotopic (exact) mass is 442 g/mol. The largest absolute Gasteiger partial charge is 0.465 e. The van der Waals surface area contributed by atoms with E-state index >= 15 is 0 Å². The quantitative estimate of drug-likeness (QED) is 0.229. The molecule has 8 heteroatoms. The first-order valence-electron chi connectivity index (χ1n) is 10.1. The highest BCUT2D eigenvalue weighted by atomic mass is 16.6. The maximum Gasteiger partial charge on any atom is 0.346 e. The van der Waals surface area contributed by atoms with Gasteiger partial charge in [-0.25, -0.2) is 14.4 Å². The molecule has 0 amide bonds. The number of esters is 3. The van der Waals surface area contributed by atoms with Crippen molar-refractivity contribution in [1.82, 2.24) is 4.57 Å². The maximum atomic E-state index is 13.1. The van der Waals surface area contributed by atoms with Gasteiger partial charge in [-0.15, -0.1) is 0 Å². The van der Waals surface area contributed by atoms with Crippen molar-refractivity contribution in [1.29, 1.82) is 0 Å². The van der Waals surface area contributed by atoms with E-state index in [0.29, 0.717) is 17.9 Å². The Morgan fingerprint density at radius 2 is 1.56 bits per heavy atom. The molecule has 32 heavy (non-hydrogen) atoms. The fraction of sp³-hybridized carbons (Fsp3) is 0.375. The van der Waals surface area contributed by atoms with Gasteiger partial charge in [-0.05, 0) is 45.7 Å². The lowest BCUT2D eigenvalue weighted by atomic mass is 10.1. The summed E-state index contributed by atoms with van der Waals surface area (Å²) < 4.78 is 16.9. The minimum absolute atomic E-state index is 0.318. The second-order valence-electron chi connectivity index (χ2n) is 8.19. The summed E-state index contributed by atoms with van der Waals surface area (Å²) in [5.41, 5.74) is 1.85. The predicted octanol–water partition coefficient (Wildman–Crippen LogP) is 3.75. The number of methoxy groups -OCH3 is 2. The number of carbonyl (C=O) groups excluding carboxylic acids is 3. The van der Waals surface area contributed by atoms with Crippen molar-refractivity contribution in [3.05, 3.63) is 64.5 Å². The summed E-state index contributed by atoms with van der Waals surface area (Å²) in [5, 5.41) is 2.96. The zero-order valence-electron chi connectivity index (χ0n) is 19.6. The summed E-state index contributed by atoms with van der Waals surface area (Å²) in [6.45, 7) is 9.53. The first-order chi connectivity index (χ1) is 15.0. The third-order valence-corrected chi connectivity index (χ3v) is 4.78. The summed E-state index contributed by atoms with van der Waals surface area (Å²) >= 11 is 0. The zero-order chi connectivity index (χ0) is 24.1. The van der Waals surface area contributed by atoms with Crippen LogP contribution in [0, 0.1) is 13.8 Å². The molecule has 0 aliphatic carbocycles. The van der Waals surface area contributed by atoms with Gasteiger partial charge in [0, 0.05) is 18.4 Å². The van der Waals surface area contributed by atoms with Crippen molar-refractivity contribution in [2.75, 3.05) is 19.5 Å². The van der Waals surface area contributed by atoms with Crippen LogP contribution in [0.3, 0.4) is 0 Å². The average Bonchev–Trinajstić information content (AvgIpc) is 2.97. The Balaban J connectivity index is 2.63. The van der Waals surface area contributed by atoms with Crippen LogP contribution in [-0.4, -0.2) is 42.3 Å². The van der Waals surface area contributed by atoms with Crippen molar-refractivity contribution in [3.8, 4) is 0 Å². The van der Waals surface area contributed by atoms with E-state index < -0.39 is 23.5 Å². The summed E-state index contributed by atoms with van der Waals surface area (Å²) in [6, 6.07) is 9.71. The van der Waals surface area contributed by atoms with Gasteiger partial charge in [-0.2, -0.15) is 0 Å². The van der Waals surface area contributed by atoms with Crippen molar-refractivity contribution >= 4 is 23.7 Å². The molecule has 0 atom stereocenters. The molecule has 1 heterocycles. The molecular formula is C24H30N2O6. The number of hydrogen-bond donors (Lipinski definition) is 1. The lowest BCUT2D eigenvalue weighted by Gasteiger charge is -2.20. The molecule has 2 aromatic rings. The summed E-state index contributed by atoms with van der Waals surface area (Å²) in [4.78, 5) is 37.2. The number of nitrogens with one attached hydrogen (secondary N) is 1. The van der Waals surface area contributed by atoms with Gasteiger partial charge in [-0.3, -0.25) is 0 Å². The number of nitrogens with zero attached hydrogens (tertiary/aromatic N) is 1. The molecule has 8 nitrogen and oxygen atoms in total. The van der Waals surface area contributed by atoms with Crippen LogP contribution in [0.1, 0.15) is 48.0 Å². The molecule has 2 rings (SSSR count). The van der Waals surface area contributed by atoms with Gasteiger partial charge in [0.2, 0.25) is 0 Å². The smallest absolute Gasteiger partial charge is 0.346 e. The maximum absolute atomic E-state index is 13.1. The molecule has 0 aliphatic rings. The average molecular weight is 443 g/mol. The molecule has 0 bridgehead atoms. The van der Waals surface area contributed by atoms with Crippen LogP contribution in [0.25, 0.3) is 0 Å². The summed E-state index contributed by atoms with van der Waals surface area (Å²) in [7, 11) is 2.33. The van der Waals surface area contributed by atoms with Gasteiger partial charge in [0.1, 0.15) is 17.0 Å². The molecule has 172 valence electrons. The van der Waals surface area contributed by atoms with Gasteiger partial charge in [0.05, 0.1) is 14.2 Å². The van der Waals surface area contributed by atoms with E-state index in [0.717, 1.165) is 31.0 Å². The molecule has 0 saturated heterocycles. The fourth-order valence-corrected chi connectivity index (χ4v) is 3.12. The Morgan fingerprint density at radius 1 is 1.00 bits per heavy atom. The molecule has 0 aliphatic heterocycles. The molecular weight excluding hydrogens is 412 g/mol. The van der Waals surface area contributed by atoms with Crippen molar-refractivity contribution in [2.45, 2.75) is 46.8 Å². The van der Waals surface area contributed by atoms with Gasteiger partial charge < -0.3 is 24.1 Å². The Bertz CT molecular complexity index is 1010. The molecule has 0 spiro atoms. The standard InChI is InChI=1S/C24H30N2O6/c1-15-16(2)26(14-17-11-9-8-10-12-17)20(19(15)23(29)32-24(3,4)5)25-13-18(21(27)30-6)22(28)31-7/h8-13,25H,14H2,1-7H3. The third kappa shape index (κ3) is 5.78. The van der Waals surface area contributed by atoms with Gasteiger partial charge >= 0.3 is 17.9 Å².